The molecule has 2 atom stereocenters. The molecule has 0 spiro atoms. The van der Waals surface area contributed by atoms with Crippen molar-refractivity contribution in [3.63, 3.8) is 0 Å². The molecule has 1 N–H and O–H groups in total. The molecule has 4 nitrogen and oxygen atoms in total. The lowest BCUT2D eigenvalue weighted by Gasteiger charge is -2.21. The third-order valence-electron chi connectivity index (χ3n) is 3.30. The lowest BCUT2D eigenvalue weighted by molar-refractivity contribution is 0.0764. The first-order valence-electron chi connectivity index (χ1n) is 5.88. The van der Waals surface area contributed by atoms with Crippen molar-refractivity contribution < 1.29 is 9.90 Å². The first kappa shape index (κ1) is 13.3. The first-order chi connectivity index (χ1) is 8.49. The fourth-order valence-electron chi connectivity index (χ4n) is 2.22. The van der Waals surface area contributed by atoms with Gasteiger partial charge in [-0.05, 0) is 38.4 Å². The summed E-state index contributed by atoms with van der Waals surface area (Å²) in [6, 6.07) is 6.82. The summed E-state index contributed by atoms with van der Waals surface area (Å²) in [5.74, 6) is -0.0601. The number of nitrogens with zero attached hydrogens (tertiary/aromatic N) is 2. The van der Waals surface area contributed by atoms with Crippen molar-refractivity contribution in [1.82, 2.24) is 9.80 Å². The number of hydrogen-bond acceptors (Lipinski definition) is 3. The summed E-state index contributed by atoms with van der Waals surface area (Å²) in [6.45, 7) is 0.930. The predicted octanol–water partition coefficient (Wildman–Crippen LogP) is 1.09. The van der Waals surface area contributed by atoms with Gasteiger partial charge in [0.1, 0.15) is 0 Å². The highest BCUT2D eigenvalue weighted by Gasteiger charge is 2.35. The summed E-state index contributed by atoms with van der Waals surface area (Å²) in [7, 11) is 3.81. The van der Waals surface area contributed by atoms with Crippen molar-refractivity contribution in [2.24, 2.45) is 0 Å². The van der Waals surface area contributed by atoms with E-state index in [-0.39, 0.29) is 11.9 Å². The van der Waals surface area contributed by atoms with Crippen molar-refractivity contribution in [3.05, 3.63) is 34.9 Å². The molecule has 98 valence electrons. The molecule has 2 rings (SSSR count). The number of hydrogen-bond donors (Lipinski definition) is 1. The largest absolute Gasteiger partial charge is 0.390 e. The van der Waals surface area contributed by atoms with Crippen LogP contribution in [0.2, 0.25) is 5.02 Å². The standard InChI is InChI=1S/C13H17ClN2O2/c1-15(2)11-7-16(8-12(11)17)13(18)9-3-5-10(14)6-4-9/h3-6,11-12,17H,7-8H2,1-2H3. The molecule has 1 saturated heterocycles. The summed E-state index contributed by atoms with van der Waals surface area (Å²) in [5.41, 5.74) is 0.603. The van der Waals surface area contributed by atoms with Crippen LogP contribution in [-0.4, -0.2) is 60.1 Å². The Morgan fingerprint density at radius 3 is 2.44 bits per heavy atom. The topological polar surface area (TPSA) is 43.8 Å². The van der Waals surface area contributed by atoms with Crippen LogP contribution in [-0.2, 0) is 0 Å². The van der Waals surface area contributed by atoms with Crippen LogP contribution in [0.15, 0.2) is 24.3 Å². The zero-order valence-electron chi connectivity index (χ0n) is 10.5. The first-order valence-corrected chi connectivity index (χ1v) is 6.26. The molecule has 5 heteroatoms. The predicted molar refractivity (Wildman–Crippen MR) is 70.8 cm³/mol. The molecule has 1 aliphatic heterocycles. The van der Waals surface area contributed by atoms with Gasteiger partial charge in [-0.15, -0.1) is 0 Å². The molecule has 1 aromatic carbocycles. The van der Waals surface area contributed by atoms with Crippen molar-refractivity contribution in [2.75, 3.05) is 27.2 Å². The average molecular weight is 269 g/mol. The minimum atomic E-state index is -0.490. The number of likely N-dealkylation sites (tertiary alicyclic amines) is 1. The van der Waals surface area contributed by atoms with E-state index in [0.717, 1.165) is 0 Å². The maximum Gasteiger partial charge on any atom is 0.253 e. The monoisotopic (exact) mass is 268 g/mol. The smallest absolute Gasteiger partial charge is 0.253 e. The van der Waals surface area contributed by atoms with E-state index >= 15 is 0 Å². The Morgan fingerprint density at radius 1 is 1.33 bits per heavy atom. The molecule has 1 fully saturated rings. The molecule has 1 aliphatic rings. The van der Waals surface area contributed by atoms with Gasteiger partial charge in [0, 0.05) is 23.7 Å². The quantitative estimate of drug-likeness (QED) is 0.873. The van der Waals surface area contributed by atoms with Gasteiger partial charge in [-0.25, -0.2) is 0 Å². The summed E-state index contributed by atoms with van der Waals surface area (Å²) in [6.07, 6.45) is -0.490. The Balaban J connectivity index is 2.09. The number of aliphatic hydroxyl groups is 1. The molecular weight excluding hydrogens is 252 g/mol. The van der Waals surface area contributed by atoms with Gasteiger partial charge in [0.2, 0.25) is 0 Å². The summed E-state index contributed by atoms with van der Waals surface area (Å²) in [5, 5.41) is 10.5. The van der Waals surface area contributed by atoms with Crippen molar-refractivity contribution in [1.29, 1.82) is 0 Å². The van der Waals surface area contributed by atoms with Crippen LogP contribution in [0.1, 0.15) is 10.4 Å². The minimum absolute atomic E-state index is 0.00116. The van der Waals surface area contributed by atoms with E-state index in [9.17, 15) is 9.90 Å². The van der Waals surface area contributed by atoms with Gasteiger partial charge >= 0.3 is 0 Å². The van der Waals surface area contributed by atoms with Crippen LogP contribution >= 0.6 is 11.6 Å². The minimum Gasteiger partial charge on any atom is -0.390 e. The fourth-order valence-corrected chi connectivity index (χ4v) is 2.34. The number of amides is 1. The number of carbonyl (C=O) groups is 1. The van der Waals surface area contributed by atoms with E-state index in [1.54, 1.807) is 29.2 Å². The third kappa shape index (κ3) is 2.66. The van der Waals surface area contributed by atoms with Gasteiger partial charge in [0.25, 0.3) is 5.91 Å². The number of rotatable bonds is 2. The lowest BCUT2D eigenvalue weighted by atomic mass is 10.2. The summed E-state index contributed by atoms with van der Waals surface area (Å²) >= 11 is 5.79. The number of β-amino-alcohol motifs (C(OH)–C–C–N with tert-alkyl or cyclic N) is 1. The number of carbonyl (C=O) groups excluding carboxylic acids is 1. The Kier molecular flexibility index (Phi) is 3.90. The molecule has 0 bridgehead atoms. The lowest BCUT2D eigenvalue weighted by Crippen LogP contribution is -2.38. The van der Waals surface area contributed by atoms with Gasteiger partial charge in [0.05, 0.1) is 12.1 Å². The molecule has 1 aromatic rings. The summed E-state index contributed by atoms with van der Waals surface area (Å²) in [4.78, 5) is 15.8. The average Bonchev–Trinajstić information content (AvgIpc) is 2.71. The van der Waals surface area contributed by atoms with E-state index in [1.165, 1.54) is 0 Å². The van der Waals surface area contributed by atoms with Gasteiger partial charge in [-0.1, -0.05) is 11.6 Å². The van der Waals surface area contributed by atoms with E-state index < -0.39 is 6.10 Å². The molecule has 0 aliphatic carbocycles. The van der Waals surface area contributed by atoms with Gasteiger partial charge in [-0.3, -0.25) is 4.79 Å². The maximum absolute atomic E-state index is 12.2. The number of halogens is 1. The second kappa shape index (κ2) is 5.26. The highest BCUT2D eigenvalue weighted by Crippen LogP contribution is 2.18. The molecule has 0 radical (unpaired) electrons. The van der Waals surface area contributed by atoms with Crippen molar-refractivity contribution >= 4 is 17.5 Å². The molecule has 0 aromatic heterocycles. The van der Waals surface area contributed by atoms with Gasteiger partial charge < -0.3 is 14.9 Å². The van der Waals surface area contributed by atoms with Gasteiger partial charge in [0.15, 0.2) is 0 Å². The zero-order valence-corrected chi connectivity index (χ0v) is 11.3. The second-order valence-electron chi connectivity index (χ2n) is 4.82. The summed E-state index contributed by atoms with van der Waals surface area (Å²) < 4.78 is 0. The Labute approximate surface area is 112 Å². The number of aliphatic hydroxyl groups excluding tert-OH is 1. The molecule has 18 heavy (non-hydrogen) atoms. The van der Waals surface area contributed by atoms with E-state index in [2.05, 4.69) is 0 Å². The van der Waals surface area contributed by atoms with Crippen LogP contribution in [0, 0.1) is 0 Å². The number of likely N-dealkylation sites (N-methyl/N-ethyl adjacent to an activating group) is 1. The van der Waals surface area contributed by atoms with Crippen LogP contribution < -0.4 is 0 Å². The van der Waals surface area contributed by atoms with Crippen LogP contribution in [0.25, 0.3) is 0 Å². The van der Waals surface area contributed by atoms with E-state index in [1.807, 2.05) is 19.0 Å². The van der Waals surface area contributed by atoms with E-state index in [4.69, 9.17) is 11.6 Å². The van der Waals surface area contributed by atoms with Crippen LogP contribution in [0.3, 0.4) is 0 Å². The fraction of sp³-hybridized carbons (Fsp3) is 0.462. The molecular formula is C13H17ClN2O2. The van der Waals surface area contributed by atoms with Crippen molar-refractivity contribution in [2.45, 2.75) is 12.1 Å². The van der Waals surface area contributed by atoms with Crippen LogP contribution in [0.4, 0.5) is 0 Å². The molecule has 0 saturated carbocycles. The third-order valence-corrected chi connectivity index (χ3v) is 3.55. The highest BCUT2D eigenvalue weighted by atomic mass is 35.5. The highest BCUT2D eigenvalue weighted by molar-refractivity contribution is 6.30. The Hall–Kier alpha value is -1.10. The number of benzene rings is 1. The van der Waals surface area contributed by atoms with Crippen LogP contribution in [0.5, 0.6) is 0 Å². The second-order valence-corrected chi connectivity index (χ2v) is 5.25. The van der Waals surface area contributed by atoms with Crippen molar-refractivity contribution in [3.8, 4) is 0 Å². The SMILES string of the molecule is CN(C)C1CN(C(=O)c2ccc(Cl)cc2)CC1O. The molecule has 2 unspecified atom stereocenters. The molecule has 1 heterocycles. The molecule has 1 amide bonds. The Morgan fingerprint density at radius 2 is 1.94 bits per heavy atom. The normalized spacial score (nSPS) is 23.7. The van der Waals surface area contributed by atoms with Gasteiger partial charge in [-0.2, -0.15) is 0 Å². The van der Waals surface area contributed by atoms with E-state index in [0.29, 0.717) is 23.7 Å². The maximum atomic E-state index is 12.2. The Bertz CT molecular complexity index is 433. The zero-order chi connectivity index (χ0) is 13.3.